The molecule has 128 valence electrons. The van der Waals surface area contributed by atoms with Gasteiger partial charge in [0, 0.05) is 24.2 Å². The van der Waals surface area contributed by atoms with Crippen molar-refractivity contribution >= 4 is 17.7 Å². The van der Waals surface area contributed by atoms with Crippen molar-refractivity contribution in [3.8, 4) is 0 Å². The molecular weight excluding hydrogens is 316 g/mol. The van der Waals surface area contributed by atoms with Crippen molar-refractivity contribution in [2.75, 3.05) is 26.2 Å². The fourth-order valence-corrected chi connectivity index (χ4v) is 3.17. The van der Waals surface area contributed by atoms with Crippen molar-refractivity contribution in [2.24, 2.45) is 0 Å². The van der Waals surface area contributed by atoms with E-state index in [1.165, 1.54) is 11.1 Å². The molecule has 1 atom stereocenters. The maximum absolute atomic E-state index is 6.43. The molecule has 1 unspecified atom stereocenters. The minimum Gasteiger partial charge on any atom is -0.311 e. The van der Waals surface area contributed by atoms with Crippen LogP contribution in [0, 0.1) is 0 Å². The van der Waals surface area contributed by atoms with E-state index in [4.69, 9.17) is 11.6 Å². The molecule has 0 aliphatic carbocycles. The van der Waals surface area contributed by atoms with Crippen LogP contribution in [0.5, 0.6) is 0 Å². The van der Waals surface area contributed by atoms with E-state index in [9.17, 15) is 0 Å². The summed E-state index contributed by atoms with van der Waals surface area (Å²) in [7, 11) is 0. The first-order chi connectivity index (χ1) is 11.8. The van der Waals surface area contributed by atoms with Gasteiger partial charge in [0.15, 0.2) is 0 Å². The fourth-order valence-electron chi connectivity index (χ4n) is 2.91. The van der Waals surface area contributed by atoms with E-state index in [1.54, 1.807) is 0 Å². The van der Waals surface area contributed by atoms with Crippen molar-refractivity contribution in [3.63, 3.8) is 0 Å². The van der Waals surface area contributed by atoms with E-state index in [-0.39, 0.29) is 0 Å². The average molecular weight is 343 g/mol. The second-order valence-electron chi connectivity index (χ2n) is 5.73. The van der Waals surface area contributed by atoms with E-state index >= 15 is 0 Å². The minimum atomic E-state index is 0.291. The third kappa shape index (κ3) is 5.48. The molecule has 3 heteroatoms. The first-order valence-electron chi connectivity index (χ1n) is 8.67. The Morgan fingerprint density at radius 2 is 1.67 bits per heavy atom. The van der Waals surface area contributed by atoms with Crippen molar-refractivity contribution in [2.45, 2.75) is 19.9 Å². The van der Waals surface area contributed by atoms with Gasteiger partial charge in [-0.05, 0) is 30.3 Å². The van der Waals surface area contributed by atoms with E-state index in [0.717, 1.165) is 31.2 Å². The number of nitrogens with zero attached hydrogens (tertiary/aromatic N) is 1. The van der Waals surface area contributed by atoms with E-state index in [2.05, 4.69) is 72.6 Å². The largest absolute Gasteiger partial charge is 0.311 e. The molecule has 24 heavy (non-hydrogen) atoms. The predicted octanol–water partition coefficient (Wildman–Crippen LogP) is 5.03. The zero-order chi connectivity index (χ0) is 17.2. The lowest BCUT2D eigenvalue weighted by molar-refractivity contribution is 0.215. The van der Waals surface area contributed by atoms with Gasteiger partial charge in [-0.1, -0.05) is 86.1 Å². The van der Waals surface area contributed by atoms with Crippen molar-refractivity contribution in [3.05, 3.63) is 76.8 Å². The summed E-state index contributed by atoms with van der Waals surface area (Å²) in [5.74, 6) is 0. The predicted molar refractivity (Wildman–Crippen MR) is 105 cm³/mol. The van der Waals surface area contributed by atoms with Gasteiger partial charge in [-0.3, -0.25) is 4.90 Å². The molecule has 0 aliphatic rings. The van der Waals surface area contributed by atoms with E-state index in [0.29, 0.717) is 6.04 Å². The smallest absolute Gasteiger partial charge is 0.0487 e. The van der Waals surface area contributed by atoms with Crippen LogP contribution < -0.4 is 5.32 Å². The van der Waals surface area contributed by atoms with Gasteiger partial charge >= 0.3 is 0 Å². The van der Waals surface area contributed by atoms with Gasteiger partial charge in [-0.15, -0.1) is 0 Å². The topological polar surface area (TPSA) is 15.3 Å². The highest BCUT2D eigenvalue weighted by Gasteiger charge is 2.19. The first kappa shape index (κ1) is 18.7. The second-order valence-corrected chi connectivity index (χ2v) is 6.14. The Bertz CT molecular complexity index is 621. The van der Waals surface area contributed by atoms with Crippen LogP contribution >= 0.6 is 11.6 Å². The lowest BCUT2D eigenvalue weighted by Gasteiger charge is -2.31. The van der Waals surface area contributed by atoms with Crippen molar-refractivity contribution in [1.29, 1.82) is 0 Å². The van der Waals surface area contributed by atoms with Crippen LogP contribution in [0.3, 0.4) is 0 Å². The molecule has 0 heterocycles. The molecular formula is C21H27ClN2. The molecule has 0 amide bonds. The molecule has 0 fully saturated rings. The second kappa shape index (κ2) is 10.3. The quantitative estimate of drug-likeness (QED) is 0.643. The van der Waals surface area contributed by atoms with Crippen LogP contribution in [0.15, 0.2) is 60.7 Å². The standard InChI is InChI=1S/C21H27ClN2/c1-3-24(4-2)21(19-14-8-9-15-20(19)22)17-23-16-10-13-18-11-6-5-7-12-18/h5-15,21,23H,3-4,16-17H2,1-2H3/b13-10+. The number of rotatable bonds is 9. The summed E-state index contributed by atoms with van der Waals surface area (Å²) in [5, 5.41) is 4.39. The Kier molecular flexibility index (Phi) is 8.03. The summed E-state index contributed by atoms with van der Waals surface area (Å²) in [4.78, 5) is 2.44. The Labute approximate surface area is 151 Å². The highest BCUT2D eigenvalue weighted by Crippen LogP contribution is 2.26. The van der Waals surface area contributed by atoms with Crippen LogP contribution in [0.25, 0.3) is 6.08 Å². The number of hydrogen-bond donors (Lipinski definition) is 1. The number of hydrogen-bond acceptors (Lipinski definition) is 2. The Morgan fingerprint density at radius 1 is 1.00 bits per heavy atom. The van der Waals surface area contributed by atoms with Gasteiger partial charge in [-0.2, -0.15) is 0 Å². The molecule has 0 saturated carbocycles. The van der Waals surface area contributed by atoms with Gasteiger partial charge in [0.25, 0.3) is 0 Å². The number of nitrogens with one attached hydrogen (secondary N) is 1. The summed E-state index contributed by atoms with van der Waals surface area (Å²) in [6.07, 6.45) is 4.32. The summed E-state index contributed by atoms with van der Waals surface area (Å²) in [6.45, 7) is 8.13. The normalized spacial score (nSPS) is 12.8. The third-order valence-electron chi connectivity index (χ3n) is 4.23. The fraction of sp³-hybridized carbons (Fsp3) is 0.333. The zero-order valence-corrected chi connectivity index (χ0v) is 15.3. The maximum Gasteiger partial charge on any atom is 0.0487 e. The molecule has 0 bridgehead atoms. The molecule has 0 spiro atoms. The number of likely N-dealkylation sites (N-methyl/N-ethyl adjacent to an activating group) is 1. The summed E-state index contributed by atoms with van der Waals surface area (Å²) in [6, 6.07) is 18.8. The summed E-state index contributed by atoms with van der Waals surface area (Å²) >= 11 is 6.43. The third-order valence-corrected chi connectivity index (χ3v) is 4.57. The van der Waals surface area contributed by atoms with Gasteiger partial charge in [0.05, 0.1) is 0 Å². The van der Waals surface area contributed by atoms with E-state index < -0.39 is 0 Å². The van der Waals surface area contributed by atoms with Crippen LogP contribution in [0.2, 0.25) is 5.02 Å². The maximum atomic E-state index is 6.43. The molecule has 2 rings (SSSR count). The lowest BCUT2D eigenvalue weighted by atomic mass is 10.0. The molecule has 2 aromatic carbocycles. The lowest BCUT2D eigenvalue weighted by Crippen LogP contribution is -2.36. The highest BCUT2D eigenvalue weighted by atomic mass is 35.5. The first-order valence-corrected chi connectivity index (χ1v) is 9.04. The van der Waals surface area contributed by atoms with E-state index in [1.807, 2.05) is 18.2 Å². The zero-order valence-electron chi connectivity index (χ0n) is 14.6. The molecule has 0 radical (unpaired) electrons. The Hall–Kier alpha value is -1.61. The number of benzene rings is 2. The van der Waals surface area contributed by atoms with Crippen molar-refractivity contribution in [1.82, 2.24) is 10.2 Å². The summed E-state index contributed by atoms with van der Waals surface area (Å²) < 4.78 is 0. The van der Waals surface area contributed by atoms with Crippen LogP contribution in [-0.4, -0.2) is 31.1 Å². The number of halogens is 1. The van der Waals surface area contributed by atoms with Gasteiger partial charge in [0.2, 0.25) is 0 Å². The minimum absolute atomic E-state index is 0.291. The molecule has 0 saturated heterocycles. The molecule has 2 aromatic rings. The molecule has 1 N–H and O–H groups in total. The van der Waals surface area contributed by atoms with Crippen LogP contribution in [0.4, 0.5) is 0 Å². The molecule has 2 nitrogen and oxygen atoms in total. The van der Waals surface area contributed by atoms with Crippen LogP contribution in [0.1, 0.15) is 31.0 Å². The van der Waals surface area contributed by atoms with Gasteiger partial charge in [-0.25, -0.2) is 0 Å². The van der Waals surface area contributed by atoms with Crippen molar-refractivity contribution < 1.29 is 0 Å². The average Bonchev–Trinajstić information content (AvgIpc) is 2.62. The molecule has 0 aromatic heterocycles. The van der Waals surface area contributed by atoms with Crippen LogP contribution in [-0.2, 0) is 0 Å². The molecule has 0 aliphatic heterocycles. The van der Waals surface area contributed by atoms with Gasteiger partial charge < -0.3 is 5.32 Å². The monoisotopic (exact) mass is 342 g/mol. The SMILES string of the molecule is CCN(CC)C(CNC/C=C/c1ccccc1)c1ccccc1Cl. The van der Waals surface area contributed by atoms with Gasteiger partial charge in [0.1, 0.15) is 0 Å². The summed E-state index contributed by atoms with van der Waals surface area (Å²) in [5.41, 5.74) is 2.42. The Balaban J connectivity index is 1.96. The Morgan fingerprint density at radius 3 is 2.33 bits per heavy atom. The highest BCUT2D eigenvalue weighted by molar-refractivity contribution is 6.31.